The molecule has 4 aromatic rings. The molecule has 5 rings (SSSR count). The van der Waals surface area contributed by atoms with Crippen LogP contribution in [0.3, 0.4) is 0 Å². The van der Waals surface area contributed by atoms with E-state index in [-0.39, 0.29) is 17.3 Å². The molecule has 0 radical (unpaired) electrons. The zero-order chi connectivity index (χ0) is 20.7. The summed E-state index contributed by atoms with van der Waals surface area (Å²) in [7, 11) is 0. The average Bonchev–Trinajstić information content (AvgIpc) is 3.33. The summed E-state index contributed by atoms with van der Waals surface area (Å²) in [6, 6.07) is 17.5. The van der Waals surface area contributed by atoms with Crippen molar-refractivity contribution in [1.29, 1.82) is 0 Å². The number of para-hydroxylation sites is 1. The van der Waals surface area contributed by atoms with Crippen LogP contribution in [0.25, 0.3) is 17.0 Å². The number of carbonyl (C=O) groups excluding carboxylic acids is 2. The molecule has 0 saturated carbocycles. The fraction of sp³-hybridized carbons (Fsp3) is 0.0417. The second-order valence-corrected chi connectivity index (χ2v) is 6.80. The highest BCUT2D eigenvalue weighted by Crippen LogP contribution is 2.39. The lowest BCUT2D eigenvalue weighted by Crippen LogP contribution is -2.08. The first-order chi connectivity index (χ1) is 14.6. The van der Waals surface area contributed by atoms with Gasteiger partial charge >= 0.3 is 5.97 Å². The van der Waals surface area contributed by atoms with Crippen molar-refractivity contribution in [2.24, 2.45) is 0 Å². The van der Waals surface area contributed by atoms with E-state index < -0.39 is 5.97 Å². The molecule has 1 aliphatic rings. The standard InChI is InChI=1S/C24H15NO5/c1-14-18(30-24(27)21-12-15-6-2-3-8-19(15)28-21)10-9-17-22(26)20(29-23(14)17)13-16-7-4-5-11-25-16/h2-13H,1H3/b20-13-. The molecule has 0 unspecified atom stereocenters. The van der Waals surface area contributed by atoms with Crippen molar-refractivity contribution in [2.45, 2.75) is 6.92 Å². The number of Topliss-reactive ketones (excluding diaryl/α,β-unsaturated/α-hetero) is 1. The second kappa shape index (κ2) is 7.00. The molecule has 30 heavy (non-hydrogen) atoms. The van der Waals surface area contributed by atoms with Crippen LogP contribution >= 0.6 is 0 Å². The Morgan fingerprint density at radius 3 is 2.70 bits per heavy atom. The number of furan rings is 1. The van der Waals surface area contributed by atoms with Gasteiger partial charge in [0.1, 0.15) is 17.1 Å². The number of aromatic nitrogens is 1. The van der Waals surface area contributed by atoms with Gasteiger partial charge in [0.25, 0.3) is 0 Å². The molecule has 0 bridgehead atoms. The van der Waals surface area contributed by atoms with Gasteiger partial charge in [0.05, 0.1) is 11.3 Å². The molecule has 3 heterocycles. The Morgan fingerprint density at radius 2 is 1.90 bits per heavy atom. The van der Waals surface area contributed by atoms with Gasteiger partial charge in [-0.3, -0.25) is 9.78 Å². The minimum atomic E-state index is -0.622. The summed E-state index contributed by atoms with van der Waals surface area (Å²) in [6.45, 7) is 1.73. The molecular formula is C24H15NO5. The van der Waals surface area contributed by atoms with E-state index in [1.165, 1.54) is 0 Å². The number of hydrogen-bond donors (Lipinski definition) is 0. The minimum Gasteiger partial charge on any atom is -0.452 e. The summed E-state index contributed by atoms with van der Waals surface area (Å²) in [5.74, 6) is 0.0799. The minimum absolute atomic E-state index is 0.101. The summed E-state index contributed by atoms with van der Waals surface area (Å²) in [6.07, 6.45) is 3.22. The highest BCUT2D eigenvalue weighted by Gasteiger charge is 2.31. The van der Waals surface area contributed by atoms with Crippen molar-refractivity contribution in [1.82, 2.24) is 4.98 Å². The quantitative estimate of drug-likeness (QED) is 0.276. The maximum Gasteiger partial charge on any atom is 0.379 e. The zero-order valence-electron chi connectivity index (χ0n) is 15.9. The lowest BCUT2D eigenvalue weighted by molar-refractivity contribution is 0.0702. The SMILES string of the molecule is Cc1c(OC(=O)c2cc3ccccc3o2)ccc2c1O/C(=C\c1ccccn1)C2=O. The van der Waals surface area contributed by atoms with E-state index in [1.54, 1.807) is 55.6 Å². The van der Waals surface area contributed by atoms with Crippen LogP contribution in [0.1, 0.15) is 32.2 Å². The number of hydrogen-bond acceptors (Lipinski definition) is 6. The van der Waals surface area contributed by atoms with E-state index in [0.717, 1.165) is 5.39 Å². The highest BCUT2D eigenvalue weighted by atomic mass is 16.5. The van der Waals surface area contributed by atoms with E-state index in [2.05, 4.69) is 4.98 Å². The van der Waals surface area contributed by atoms with Gasteiger partial charge in [-0.2, -0.15) is 0 Å². The molecule has 0 atom stereocenters. The van der Waals surface area contributed by atoms with Crippen LogP contribution in [0.5, 0.6) is 11.5 Å². The van der Waals surface area contributed by atoms with Gasteiger partial charge in [0, 0.05) is 23.2 Å². The van der Waals surface area contributed by atoms with Crippen molar-refractivity contribution in [3.63, 3.8) is 0 Å². The lowest BCUT2D eigenvalue weighted by atomic mass is 10.1. The number of nitrogens with zero attached hydrogens (tertiary/aromatic N) is 1. The number of benzene rings is 2. The first-order valence-corrected chi connectivity index (χ1v) is 9.30. The Bertz CT molecular complexity index is 1300. The Balaban J connectivity index is 1.43. The van der Waals surface area contributed by atoms with Gasteiger partial charge in [0.15, 0.2) is 5.76 Å². The third-order valence-electron chi connectivity index (χ3n) is 4.83. The first kappa shape index (κ1) is 17.9. The smallest absolute Gasteiger partial charge is 0.379 e. The fourth-order valence-electron chi connectivity index (χ4n) is 3.31. The van der Waals surface area contributed by atoms with Crippen LogP contribution < -0.4 is 9.47 Å². The number of ketones is 1. The monoisotopic (exact) mass is 397 g/mol. The fourth-order valence-corrected chi connectivity index (χ4v) is 3.31. The predicted molar refractivity (Wildman–Crippen MR) is 110 cm³/mol. The van der Waals surface area contributed by atoms with E-state index in [0.29, 0.717) is 33.9 Å². The Hall–Kier alpha value is -4.19. The number of ether oxygens (including phenoxy) is 2. The largest absolute Gasteiger partial charge is 0.452 e. The van der Waals surface area contributed by atoms with E-state index >= 15 is 0 Å². The van der Waals surface area contributed by atoms with Gasteiger partial charge in [-0.25, -0.2) is 4.79 Å². The molecule has 1 aliphatic heterocycles. The molecule has 2 aromatic heterocycles. The molecule has 0 amide bonds. The maximum absolute atomic E-state index is 12.7. The number of fused-ring (bicyclic) bond motifs is 2. The number of pyridine rings is 1. The molecule has 6 heteroatoms. The maximum atomic E-state index is 12.7. The summed E-state index contributed by atoms with van der Waals surface area (Å²) in [5, 5.41) is 0.813. The van der Waals surface area contributed by atoms with Crippen LogP contribution in [0, 0.1) is 6.92 Å². The molecule has 6 nitrogen and oxygen atoms in total. The van der Waals surface area contributed by atoms with Crippen molar-refractivity contribution >= 4 is 28.8 Å². The molecule has 0 spiro atoms. The van der Waals surface area contributed by atoms with E-state index in [9.17, 15) is 9.59 Å². The van der Waals surface area contributed by atoms with Crippen LogP contribution in [0.2, 0.25) is 0 Å². The number of esters is 1. The van der Waals surface area contributed by atoms with Crippen molar-refractivity contribution in [3.05, 3.63) is 95.2 Å². The van der Waals surface area contributed by atoms with Gasteiger partial charge in [0.2, 0.25) is 11.5 Å². The van der Waals surface area contributed by atoms with E-state index in [4.69, 9.17) is 13.9 Å². The number of allylic oxidation sites excluding steroid dienone is 1. The topological polar surface area (TPSA) is 78.6 Å². The van der Waals surface area contributed by atoms with Crippen LogP contribution in [-0.2, 0) is 0 Å². The summed E-state index contributed by atoms with van der Waals surface area (Å²) < 4.78 is 16.9. The van der Waals surface area contributed by atoms with Gasteiger partial charge in [-0.1, -0.05) is 24.3 Å². The normalized spacial score (nSPS) is 14.0. The number of carbonyl (C=O) groups is 2. The predicted octanol–water partition coefficient (Wildman–Crippen LogP) is 4.97. The third kappa shape index (κ3) is 3.04. The zero-order valence-corrected chi connectivity index (χ0v) is 15.9. The van der Waals surface area contributed by atoms with Gasteiger partial charge in [-0.15, -0.1) is 0 Å². The molecule has 0 fully saturated rings. The molecule has 0 N–H and O–H groups in total. The van der Waals surface area contributed by atoms with Crippen molar-refractivity contribution in [3.8, 4) is 11.5 Å². The summed E-state index contributed by atoms with van der Waals surface area (Å²) in [5.41, 5.74) is 2.18. The molecule has 146 valence electrons. The van der Waals surface area contributed by atoms with Gasteiger partial charge < -0.3 is 13.9 Å². The van der Waals surface area contributed by atoms with Crippen LogP contribution in [0.4, 0.5) is 0 Å². The average molecular weight is 397 g/mol. The Morgan fingerprint density at radius 1 is 1.07 bits per heavy atom. The first-order valence-electron chi connectivity index (χ1n) is 9.30. The van der Waals surface area contributed by atoms with Crippen LogP contribution in [0.15, 0.2) is 77.0 Å². The second-order valence-electron chi connectivity index (χ2n) is 6.80. The molecular weight excluding hydrogens is 382 g/mol. The molecule has 0 saturated heterocycles. The summed E-state index contributed by atoms with van der Waals surface area (Å²) >= 11 is 0. The Labute approximate surface area is 171 Å². The van der Waals surface area contributed by atoms with Gasteiger partial charge in [-0.05, 0) is 43.3 Å². The molecule has 0 aliphatic carbocycles. The molecule has 2 aromatic carbocycles. The van der Waals surface area contributed by atoms with Crippen LogP contribution in [-0.4, -0.2) is 16.7 Å². The lowest BCUT2D eigenvalue weighted by Gasteiger charge is -2.09. The van der Waals surface area contributed by atoms with E-state index in [1.807, 2.05) is 24.3 Å². The Kier molecular flexibility index (Phi) is 4.17. The number of rotatable bonds is 3. The third-order valence-corrected chi connectivity index (χ3v) is 4.83. The van der Waals surface area contributed by atoms with Crippen molar-refractivity contribution < 1.29 is 23.5 Å². The summed E-state index contributed by atoms with van der Waals surface area (Å²) in [4.78, 5) is 29.4. The van der Waals surface area contributed by atoms with Crippen molar-refractivity contribution in [2.75, 3.05) is 0 Å². The highest BCUT2D eigenvalue weighted by molar-refractivity contribution is 6.15.